The lowest BCUT2D eigenvalue weighted by Crippen LogP contribution is -2.32. The van der Waals surface area contributed by atoms with Gasteiger partial charge < -0.3 is 9.84 Å². The van der Waals surface area contributed by atoms with Crippen molar-refractivity contribution >= 4 is 23.5 Å². The van der Waals surface area contributed by atoms with Crippen molar-refractivity contribution in [1.82, 2.24) is 9.55 Å². The van der Waals surface area contributed by atoms with Gasteiger partial charge >= 0.3 is 5.69 Å². The quantitative estimate of drug-likeness (QED) is 0.478. The minimum absolute atomic E-state index is 0.267. The number of rotatable bonds is 6. The van der Waals surface area contributed by atoms with Crippen LogP contribution < -0.4 is 16.0 Å². The number of nitrogens with zero attached hydrogens (tertiary/aromatic N) is 1. The molecule has 0 bridgehead atoms. The molecule has 8 heteroatoms. The van der Waals surface area contributed by atoms with E-state index in [9.17, 15) is 19.5 Å². The number of nitrogens with one attached hydrogen (secondary N) is 1. The Bertz CT molecular complexity index is 1180. The number of hydrogen-bond donors (Lipinski definition) is 2. The summed E-state index contributed by atoms with van der Waals surface area (Å²) in [7, 11) is 0. The number of aromatic hydroxyl groups is 1. The second-order valence-electron chi connectivity index (χ2n) is 5.97. The van der Waals surface area contributed by atoms with Gasteiger partial charge in [0.05, 0.1) is 12.3 Å². The molecule has 0 spiro atoms. The molecule has 1 aromatic heterocycles. The molecule has 0 aliphatic rings. The molecule has 0 saturated heterocycles. The van der Waals surface area contributed by atoms with Gasteiger partial charge in [-0.15, -0.1) is 0 Å². The molecular formula is C21H17ClN2O5. The fourth-order valence-electron chi connectivity index (χ4n) is 2.67. The van der Waals surface area contributed by atoms with Crippen LogP contribution in [0.5, 0.6) is 11.6 Å². The van der Waals surface area contributed by atoms with Crippen molar-refractivity contribution in [3.05, 3.63) is 91.6 Å². The normalized spacial score (nSPS) is 11.0. The molecule has 2 N–H and O–H groups in total. The van der Waals surface area contributed by atoms with Gasteiger partial charge in [0, 0.05) is 5.02 Å². The van der Waals surface area contributed by atoms with Gasteiger partial charge in [0.1, 0.15) is 11.3 Å². The van der Waals surface area contributed by atoms with E-state index in [1.54, 1.807) is 36.4 Å². The topological polar surface area (TPSA) is 101 Å². The molecule has 148 valence electrons. The summed E-state index contributed by atoms with van der Waals surface area (Å²) in [6, 6.07) is 13.0. The van der Waals surface area contributed by atoms with Crippen molar-refractivity contribution in [2.24, 2.45) is 0 Å². The highest BCUT2D eigenvalue weighted by atomic mass is 35.5. The maximum Gasteiger partial charge on any atom is 0.335 e. The average Bonchev–Trinajstić information content (AvgIpc) is 2.68. The first kappa shape index (κ1) is 20.2. The SMILES string of the molecule is CCOc1ccc(-n2c(O)c(C(=O)C=Cc3ccc(Cl)cc3)c(=O)[nH]c2=O)cc1. The highest BCUT2D eigenvalue weighted by Crippen LogP contribution is 2.20. The first-order valence-corrected chi connectivity index (χ1v) is 9.08. The Labute approximate surface area is 170 Å². The Balaban J connectivity index is 2.00. The van der Waals surface area contributed by atoms with Gasteiger partial charge in [-0.1, -0.05) is 29.8 Å². The molecule has 0 unspecified atom stereocenters. The summed E-state index contributed by atoms with van der Waals surface area (Å²) in [5, 5.41) is 11.1. The number of carbonyl (C=O) groups is 1. The molecule has 3 aromatic rings. The predicted octanol–water partition coefficient (Wildman–Crippen LogP) is 3.18. The van der Waals surface area contributed by atoms with Crippen LogP contribution in [0.15, 0.2) is 64.2 Å². The van der Waals surface area contributed by atoms with Crippen LogP contribution in [-0.2, 0) is 0 Å². The zero-order chi connectivity index (χ0) is 21.0. The molecule has 0 amide bonds. The molecule has 29 heavy (non-hydrogen) atoms. The fraction of sp³-hybridized carbons (Fsp3) is 0.0952. The molecule has 0 aliphatic carbocycles. The lowest BCUT2D eigenvalue weighted by atomic mass is 10.1. The summed E-state index contributed by atoms with van der Waals surface area (Å²) in [4.78, 5) is 39.0. The van der Waals surface area contributed by atoms with Crippen LogP contribution in [-0.4, -0.2) is 27.0 Å². The third-order valence-electron chi connectivity index (χ3n) is 4.04. The smallest absolute Gasteiger partial charge is 0.335 e. The Morgan fingerprint density at radius 3 is 2.41 bits per heavy atom. The van der Waals surface area contributed by atoms with Crippen molar-refractivity contribution in [2.75, 3.05) is 6.61 Å². The molecule has 0 atom stereocenters. The van der Waals surface area contributed by atoms with E-state index in [1.165, 1.54) is 18.2 Å². The van der Waals surface area contributed by atoms with E-state index in [1.807, 2.05) is 6.92 Å². The first-order valence-electron chi connectivity index (χ1n) is 8.70. The summed E-state index contributed by atoms with van der Waals surface area (Å²) in [6.45, 7) is 2.31. The molecule has 3 rings (SSSR count). The minimum atomic E-state index is -0.972. The Hall–Kier alpha value is -3.58. The Morgan fingerprint density at radius 1 is 1.14 bits per heavy atom. The molecule has 2 aromatic carbocycles. The van der Waals surface area contributed by atoms with E-state index < -0.39 is 28.5 Å². The number of benzene rings is 2. The van der Waals surface area contributed by atoms with Crippen LogP contribution in [0, 0.1) is 0 Å². The van der Waals surface area contributed by atoms with E-state index in [0.717, 1.165) is 10.6 Å². The van der Waals surface area contributed by atoms with Crippen LogP contribution in [0.2, 0.25) is 5.02 Å². The van der Waals surface area contributed by atoms with E-state index in [4.69, 9.17) is 16.3 Å². The number of aromatic nitrogens is 2. The lowest BCUT2D eigenvalue weighted by Gasteiger charge is -2.11. The van der Waals surface area contributed by atoms with E-state index in [0.29, 0.717) is 22.9 Å². The molecule has 0 fully saturated rings. The third kappa shape index (κ3) is 4.47. The van der Waals surface area contributed by atoms with E-state index in [-0.39, 0.29) is 5.69 Å². The summed E-state index contributed by atoms with van der Waals surface area (Å²) >= 11 is 5.82. The van der Waals surface area contributed by atoms with Crippen molar-refractivity contribution in [3.63, 3.8) is 0 Å². The number of hydrogen-bond acceptors (Lipinski definition) is 5. The first-order chi connectivity index (χ1) is 13.9. The van der Waals surface area contributed by atoms with Crippen molar-refractivity contribution in [1.29, 1.82) is 0 Å². The number of ketones is 1. The summed E-state index contributed by atoms with van der Waals surface area (Å²) < 4.78 is 6.19. The van der Waals surface area contributed by atoms with Crippen LogP contribution in [0.1, 0.15) is 22.8 Å². The summed E-state index contributed by atoms with van der Waals surface area (Å²) in [5.41, 5.74) is -1.43. The Morgan fingerprint density at radius 2 is 1.79 bits per heavy atom. The summed E-state index contributed by atoms with van der Waals surface area (Å²) in [6.07, 6.45) is 2.62. The summed E-state index contributed by atoms with van der Waals surface area (Å²) in [5.74, 6) is -0.914. The minimum Gasteiger partial charge on any atom is -0.494 e. The van der Waals surface area contributed by atoms with Gasteiger partial charge in [-0.25, -0.2) is 9.36 Å². The largest absolute Gasteiger partial charge is 0.494 e. The second kappa shape index (κ2) is 8.62. The zero-order valence-electron chi connectivity index (χ0n) is 15.4. The molecule has 7 nitrogen and oxygen atoms in total. The Kier molecular flexibility index (Phi) is 5.99. The number of aromatic amines is 1. The van der Waals surface area contributed by atoms with Crippen molar-refractivity contribution in [3.8, 4) is 17.3 Å². The molecule has 1 heterocycles. The number of H-pyrrole nitrogens is 1. The number of allylic oxidation sites excluding steroid dienone is 1. The van der Waals surface area contributed by atoms with Crippen LogP contribution in [0.3, 0.4) is 0 Å². The van der Waals surface area contributed by atoms with E-state index in [2.05, 4.69) is 4.98 Å². The van der Waals surface area contributed by atoms with Crippen molar-refractivity contribution < 1.29 is 14.6 Å². The molecular weight excluding hydrogens is 396 g/mol. The monoisotopic (exact) mass is 412 g/mol. The predicted molar refractivity (Wildman–Crippen MR) is 110 cm³/mol. The molecule has 0 saturated carbocycles. The number of carbonyl (C=O) groups excluding carboxylic acids is 1. The van der Waals surface area contributed by atoms with Crippen molar-refractivity contribution in [2.45, 2.75) is 6.92 Å². The van der Waals surface area contributed by atoms with Crippen LogP contribution in [0.25, 0.3) is 11.8 Å². The van der Waals surface area contributed by atoms with E-state index >= 15 is 0 Å². The van der Waals surface area contributed by atoms with Gasteiger partial charge in [0.25, 0.3) is 5.56 Å². The van der Waals surface area contributed by atoms with Gasteiger partial charge in [-0.3, -0.25) is 14.6 Å². The van der Waals surface area contributed by atoms with Gasteiger partial charge in [0.2, 0.25) is 5.88 Å². The highest BCUT2D eigenvalue weighted by molar-refractivity contribution is 6.30. The zero-order valence-corrected chi connectivity index (χ0v) is 16.1. The third-order valence-corrected chi connectivity index (χ3v) is 4.29. The molecule has 0 aliphatic heterocycles. The van der Waals surface area contributed by atoms with Gasteiger partial charge in [0.15, 0.2) is 5.78 Å². The number of halogens is 1. The standard InChI is InChI=1S/C21H17ClN2O5/c1-2-29-16-10-8-15(9-11-16)24-20(27)18(19(26)23-21(24)28)17(25)12-5-13-3-6-14(22)7-4-13/h3-12,27H,2H2,1H3,(H,23,26,28). The highest BCUT2D eigenvalue weighted by Gasteiger charge is 2.20. The van der Waals surface area contributed by atoms with Gasteiger partial charge in [-0.2, -0.15) is 0 Å². The maximum absolute atomic E-state index is 12.5. The lowest BCUT2D eigenvalue weighted by molar-refractivity contribution is 0.104. The average molecular weight is 413 g/mol. The van der Waals surface area contributed by atoms with Crippen LogP contribution in [0.4, 0.5) is 0 Å². The fourth-order valence-corrected chi connectivity index (χ4v) is 2.80. The van der Waals surface area contributed by atoms with Crippen LogP contribution >= 0.6 is 11.6 Å². The maximum atomic E-state index is 12.5. The number of ether oxygens (including phenoxy) is 1. The molecule has 0 radical (unpaired) electrons. The van der Waals surface area contributed by atoms with Gasteiger partial charge in [-0.05, 0) is 55.0 Å². The second-order valence-corrected chi connectivity index (χ2v) is 6.41.